The molecule has 1 aromatic rings. The van der Waals surface area contributed by atoms with Gasteiger partial charge in [-0.2, -0.15) is 15.0 Å². The Hall–Kier alpha value is -0.520. The molecule has 0 amide bonds. The lowest BCUT2D eigenvalue weighted by atomic mass is 10.6. The quantitative estimate of drug-likeness (QED) is 0.788. The van der Waals surface area contributed by atoms with Crippen LogP contribution in [0.5, 0.6) is 0 Å². The highest BCUT2D eigenvalue weighted by Gasteiger charge is 2.27. The summed E-state index contributed by atoms with van der Waals surface area (Å²) in [4.78, 5) is 11.4. The Balaban J connectivity index is 3.07. The third kappa shape index (κ3) is 3.01. The van der Waals surface area contributed by atoms with Gasteiger partial charge in [0, 0.05) is 6.54 Å². The standard InChI is InChI=1S/C6H8Cl3N5/c1-2-11-5-13-3(6(7,8)9)12-4(10)14-5/h2H2,1H3,(H3,10,11,12,13,14). The zero-order chi connectivity index (χ0) is 10.8. The van der Waals surface area contributed by atoms with Gasteiger partial charge in [-0.15, -0.1) is 0 Å². The van der Waals surface area contributed by atoms with Crippen molar-refractivity contribution in [3.63, 3.8) is 0 Å². The minimum atomic E-state index is -1.69. The van der Waals surface area contributed by atoms with Crippen LogP contribution in [0.2, 0.25) is 0 Å². The molecule has 0 aliphatic rings. The number of anilines is 2. The Labute approximate surface area is 96.0 Å². The molecule has 0 bridgehead atoms. The second-order valence-corrected chi connectivity index (χ2v) is 4.65. The number of nitrogen functional groups attached to an aromatic ring is 1. The molecular formula is C6H8Cl3N5. The first-order chi connectivity index (χ1) is 6.43. The molecule has 0 aliphatic carbocycles. The largest absolute Gasteiger partial charge is 0.368 e. The van der Waals surface area contributed by atoms with E-state index in [1.807, 2.05) is 6.92 Å². The summed E-state index contributed by atoms with van der Waals surface area (Å²) in [7, 11) is 0. The van der Waals surface area contributed by atoms with Crippen LogP contribution < -0.4 is 11.1 Å². The maximum atomic E-state index is 5.60. The van der Waals surface area contributed by atoms with E-state index in [-0.39, 0.29) is 11.8 Å². The Kier molecular flexibility index (Phi) is 3.58. The van der Waals surface area contributed by atoms with Gasteiger partial charge in [-0.1, -0.05) is 34.8 Å². The van der Waals surface area contributed by atoms with E-state index in [0.29, 0.717) is 12.5 Å². The van der Waals surface area contributed by atoms with Gasteiger partial charge >= 0.3 is 0 Å². The summed E-state index contributed by atoms with van der Waals surface area (Å²) >= 11 is 16.8. The lowest BCUT2D eigenvalue weighted by molar-refractivity contribution is 0.922. The predicted octanol–water partition coefficient (Wildman–Crippen LogP) is 1.71. The first-order valence-corrected chi connectivity index (χ1v) is 4.89. The first kappa shape index (κ1) is 11.6. The monoisotopic (exact) mass is 255 g/mol. The molecule has 0 saturated carbocycles. The van der Waals surface area contributed by atoms with Gasteiger partial charge in [-0.25, -0.2) is 0 Å². The van der Waals surface area contributed by atoms with E-state index in [1.165, 1.54) is 0 Å². The van der Waals surface area contributed by atoms with Crippen LogP contribution in [0.3, 0.4) is 0 Å². The van der Waals surface area contributed by atoms with Gasteiger partial charge < -0.3 is 11.1 Å². The van der Waals surface area contributed by atoms with Crippen LogP contribution in [0.4, 0.5) is 11.9 Å². The molecule has 0 aliphatic heterocycles. The van der Waals surface area contributed by atoms with Crippen molar-refractivity contribution in [2.45, 2.75) is 10.7 Å². The van der Waals surface area contributed by atoms with E-state index >= 15 is 0 Å². The zero-order valence-corrected chi connectivity index (χ0v) is 9.53. The van der Waals surface area contributed by atoms with Crippen LogP contribution in [0.25, 0.3) is 0 Å². The molecule has 14 heavy (non-hydrogen) atoms. The van der Waals surface area contributed by atoms with Gasteiger partial charge in [-0.3, -0.25) is 0 Å². The number of halogens is 3. The third-order valence-corrected chi connectivity index (χ3v) is 1.75. The maximum absolute atomic E-state index is 5.60. The number of nitrogens with two attached hydrogens (primary N) is 1. The highest BCUT2D eigenvalue weighted by molar-refractivity contribution is 6.66. The smallest absolute Gasteiger partial charge is 0.250 e. The fraction of sp³-hybridized carbons (Fsp3) is 0.500. The average molecular weight is 257 g/mol. The molecule has 0 aromatic carbocycles. The Morgan fingerprint density at radius 3 is 2.43 bits per heavy atom. The minimum Gasteiger partial charge on any atom is -0.368 e. The lowest BCUT2D eigenvalue weighted by Crippen LogP contribution is -2.14. The zero-order valence-electron chi connectivity index (χ0n) is 7.26. The van der Waals surface area contributed by atoms with E-state index in [2.05, 4.69) is 20.3 Å². The van der Waals surface area contributed by atoms with Gasteiger partial charge in [-0.05, 0) is 6.92 Å². The van der Waals surface area contributed by atoms with Crippen LogP contribution in [0.15, 0.2) is 0 Å². The third-order valence-electron chi connectivity index (χ3n) is 1.24. The van der Waals surface area contributed by atoms with Crippen molar-refractivity contribution in [3.05, 3.63) is 5.82 Å². The average Bonchev–Trinajstić information content (AvgIpc) is 2.02. The van der Waals surface area contributed by atoms with Gasteiger partial charge in [0.2, 0.25) is 15.7 Å². The molecule has 0 saturated heterocycles. The van der Waals surface area contributed by atoms with E-state index in [1.54, 1.807) is 0 Å². The molecule has 78 valence electrons. The van der Waals surface area contributed by atoms with E-state index in [0.717, 1.165) is 0 Å². The van der Waals surface area contributed by atoms with Crippen molar-refractivity contribution in [1.29, 1.82) is 0 Å². The number of nitrogens with one attached hydrogen (secondary N) is 1. The van der Waals surface area contributed by atoms with Gasteiger partial charge in [0.05, 0.1) is 0 Å². The number of hydrogen-bond donors (Lipinski definition) is 2. The van der Waals surface area contributed by atoms with E-state index in [9.17, 15) is 0 Å². The normalized spacial score (nSPS) is 11.4. The Morgan fingerprint density at radius 2 is 1.93 bits per heavy atom. The molecule has 0 spiro atoms. The number of rotatable bonds is 2. The lowest BCUT2D eigenvalue weighted by Gasteiger charge is -2.10. The fourth-order valence-corrected chi connectivity index (χ4v) is 1.01. The summed E-state index contributed by atoms with van der Waals surface area (Å²) in [5, 5.41) is 2.84. The molecule has 5 nitrogen and oxygen atoms in total. The van der Waals surface area contributed by atoms with Crippen LogP contribution >= 0.6 is 34.8 Å². The van der Waals surface area contributed by atoms with Gasteiger partial charge in [0.15, 0.2) is 5.82 Å². The number of alkyl halides is 3. The summed E-state index contributed by atoms with van der Waals surface area (Å²) in [6.07, 6.45) is 0. The van der Waals surface area contributed by atoms with Crippen molar-refractivity contribution in [2.24, 2.45) is 0 Å². The van der Waals surface area contributed by atoms with Crippen molar-refractivity contribution in [3.8, 4) is 0 Å². The summed E-state index contributed by atoms with van der Waals surface area (Å²) in [5.41, 5.74) is 5.41. The Bertz CT molecular complexity index is 324. The van der Waals surface area contributed by atoms with Gasteiger partial charge in [0.1, 0.15) is 0 Å². The molecule has 0 atom stereocenters. The minimum absolute atomic E-state index is 0.00551. The van der Waals surface area contributed by atoms with Crippen LogP contribution in [0.1, 0.15) is 12.7 Å². The van der Waals surface area contributed by atoms with Crippen LogP contribution in [-0.4, -0.2) is 21.5 Å². The number of hydrogen-bond acceptors (Lipinski definition) is 5. The first-order valence-electron chi connectivity index (χ1n) is 3.76. The van der Waals surface area contributed by atoms with Crippen LogP contribution in [0, 0.1) is 0 Å². The van der Waals surface area contributed by atoms with E-state index in [4.69, 9.17) is 40.5 Å². The second-order valence-electron chi connectivity index (χ2n) is 2.37. The molecule has 1 heterocycles. The van der Waals surface area contributed by atoms with Gasteiger partial charge in [0.25, 0.3) is 0 Å². The molecule has 8 heteroatoms. The fourth-order valence-electron chi connectivity index (χ4n) is 0.756. The number of aromatic nitrogens is 3. The topological polar surface area (TPSA) is 76.7 Å². The second kappa shape index (κ2) is 4.33. The SMILES string of the molecule is CCNc1nc(N)nc(C(Cl)(Cl)Cl)n1. The molecule has 1 aromatic heterocycles. The summed E-state index contributed by atoms with van der Waals surface area (Å²) < 4.78 is -1.69. The molecule has 0 unspecified atom stereocenters. The highest BCUT2D eigenvalue weighted by Crippen LogP contribution is 2.36. The van der Waals surface area contributed by atoms with Crippen molar-refractivity contribution in [1.82, 2.24) is 15.0 Å². The molecule has 3 N–H and O–H groups in total. The summed E-state index contributed by atoms with van der Waals surface area (Å²) in [6.45, 7) is 2.53. The molecular weight excluding hydrogens is 248 g/mol. The van der Waals surface area contributed by atoms with Crippen molar-refractivity contribution < 1.29 is 0 Å². The van der Waals surface area contributed by atoms with Crippen molar-refractivity contribution in [2.75, 3.05) is 17.6 Å². The summed E-state index contributed by atoms with van der Waals surface area (Å²) in [5.74, 6) is 0.310. The van der Waals surface area contributed by atoms with E-state index < -0.39 is 3.79 Å². The molecule has 1 rings (SSSR count). The predicted molar refractivity (Wildman–Crippen MR) is 57.6 cm³/mol. The van der Waals surface area contributed by atoms with Crippen LogP contribution in [-0.2, 0) is 3.79 Å². The number of nitrogens with zero attached hydrogens (tertiary/aromatic N) is 3. The summed E-state index contributed by atoms with van der Waals surface area (Å²) in [6, 6.07) is 0. The maximum Gasteiger partial charge on any atom is 0.250 e. The Morgan fingerprint density at radius 1 is 1.29 bits per heavy atom. The van der Waals surface area contributed by atoms with Crippen molar-refractivity contribution >= 4 is 46.7 Å². The molecule has 0 radical (unpaired) electrons. The molecule has 0 fully saturated rings. The highest BCUT2D eigenvalue weighted by atomic mass is 35.6.